The van der Waals surface area contributed by atoms with E-state index in [4.69, 9.17) is 5.73 Å². The topological polar surface area (TPSA) is 82.8 Å². The van der Waals surface area contributed by atoms with Crippen LogP contribution in [-0.2, 0) is 11.3 Å². The van der Waals surface area contributed by atoms with Crippen LogP contribution < -0.4 is 16.4 Å². The number of hydrogen-bond acceptors (Lipinski definition) is 3. The minimum absolute atomic E-state index is 0.0797. The zero-order valence-electron chi connectivity index (χ0n) is 14.0. The molecule has 1 heterocycles. The minimum Gasteiger partial charge on any atom is -0.370 e. The summed E-state index contributed by atoms with van der Waals surface area (Å²) in [5.74, 6) is 0.391. The minimum atomic E-state index is -0.0797. The van der Waals surface area contributed by atoms with Crippen molar-refractivity contribution in [1.82, 2.24) is 10.2 Å². The lowest BCUT2D eigenvalue weighted by Gasteiger charge is -2.23. The zero-order chi connectivity index (χ0) is 16.7. The van der Waals surface area contributed by atoms with Gasteiger partial charge in [0.05, 0.1) is 6.54 Å². The summed E-state index contributed by atoms with van der Waals surface area (Å²) in [7, 11) is 0. The number of amides is 1. The van der Waals surface area contributed by atoms with Gasteiger partial charge in [-0.3, -0.25) is 9.69 Å². The number of nitrogens with one attached hydrogen (secondary N) is 2. The quantitative estimate of drug-likeness (QED) is 0.549. The van der Waals surface area contributed by atoms with Crippen LogP contribution in [-0.4, -0.2) is 42.4 Å². The molecule has 6 nitrogen and oxygen atoms in total. The standard InChI is InChI=1S/C17H27N5O/c1-3-22-9-5-8-16(22)12-20-17(18)19-11-14-6-4-7-15(10-14)21-13(2)23/h4,6-7,10,16H,3,5,8-9,11-12H2,1-2H3,(H,21,23)(H3,18,19,20). The van der Waals surface area contributed by atoms with Crippen molar-refractivity contribution in [2.75, 3.05) is 25.0 Å². The van der Waals surface area contributed by atoms with Gasteiger partial charge in [-0.15, -0.1) is 0 Å². The van der Waals surface area contributed by atoms with Crippen LogP contribution in [0.5, 0.6) is 0 Å². The lowest BCUT2D eigenvalue weighted by Crippen LogP contribution is -2.42. The summed E-state index contributed by atoms with van der Waals surface area (Å²) in [6, 6.07) is 8.19. The Morgan fingerprint density at radius 3 is 3.04 bits per heavy atom. The Bertz CT molecular complexity index is 558. The third-order valence-corrected chi connectivity index (χ3v) is 4.10. The number of benzene rings is 1. The lowest BCUT2D eigenvalue weighted by atomic mass is 10.2. The van der Waals surface area contributed by atoms with Gasteiger partial charge < -0.3 is 16.4 Å². The Balaban J connectivity index is 1.83. The van der Waals surface area contributed by atoms with Crippen LogP contribution in [0, 0.1) is 0 Å². The third kappa shape index (κ3) is 5.56. The number of carbonyl (C=O) groups is 1. The second-order valence-corrected chi connectivity index (χ2v) is 5.89. The molecule has 0 aliphatic carbocycles. The summed E-state index contributed by atoms with van der Waals surface area (Å²) in [5.41, 5.74) is 7.75. The number of guanidine groups is 1. The first kappa shape index (κ1) is 17.3. The highest BCUT2D eigenvalue weighted by Crippen LogP contribution is 2.15. The average Bonchev–Trinajstić information content (AvgIpc) is 2.98. The molecule has 1 aliphatic rings. The molecule has 0 bridgehead atoms. The molecule has 1 aromatic carbocycles. The van der Waals surface area contributed by atoms with Crippen molar-refractivity contribution in [2.24, 2.45) is 10.7 Å². The van der Waals surface area contributed by atoms with E-state index >= 15 is 0 Å². The van der Waals surface area contributed by atoms with E-state index in [1.54, 1.807) is 0 Å². The first-order valence-corrected chi connectivity index (χ1v) is 8.23. The highest BCUT2D eigenvalue weighted by Gasteiger charge is 2.22. The van der Waals surface area contributed by atoms with Gasteiger partial charge in [-0.2, -0.15) is 0 Å². The van der Waals surface area contributed by atoms with Crippen molar-refractivity contribution in [3.63, 3.8) is 0 Å². The zero-order valence-corrected chi connectivity index (χ0v) is 14.0. The van der Waals surface area contributed by atoms with Crippen molar-refractivity contribution in [3.8, 4) is 0 Å². The molecule has 126 valence electrons. The summed E-state index contributed by atoms with van der Waals surface area (Å²) in [6.45, 7) is 7.28. The molecule has 4 N–H and O–H groups in total. The average molecular weight is 317 g/mol. The van der Waals surface area contributed by atoms with Crippen molar-refractivity contribution < 1.29 is 4.79 Å². The van der Waals surface area contributed by atoms with E-state index in [2.05, 4.69) is 27.4 Å². The number of hydrogen-bond donors (Lipinski definition) is 3. The maximum absolute atomic E-state index is 11.1. The Hall–Kier alpha value is -2.08. The van der Waals surface area contributed by atoms with Crippen LogP contribution in [0.1, 0.15) is 32.3 Å². The highest BCUT2D eigenvalue weighted by molar-refractivity contribution is 5.88. The smallest absolute Gasteiger partial charge is 0.221 e. The van der Waals surface area contributed by atoms with E-state index in [1.807, 2.05) is 24.3 Å². The maximum atomic E-state index is 11.1. The molecule has 1 fully saturated rings. The van der Waals surface area contributed by atoms with Crippen LogP contribution in [0.2, 0.25) is 0 Å². The Morgan fingerprint density at radius 2 is 2.30 bits per heavy atom. The van der Waals surface area contributed by atoms with E-state index in [9.17, 15) is 4.79 Å². The van der Waals surface area contributed by atoms with Gasteiger partial charge in [0.2, 0.25) is 5.91 Å². The number of carbonyl (C=O) groups excluding carboxylic acids is 1. The van der Waals surface area contributed by atoms with Crippen molar-refractivity contribution >= 4 is 17.6 Å². The number of rotatable bonds is 6. The fraction of sp³-hybridized carbons (Fsp3) is 0.529. The molecule has 1 amide bonds. The molecule has 1 saturated heterocycles. The SMILES string of the molecule is CCN1CCCC1CNC(N)=NCc1cccc(NC(C)=O)c1. The monoisotopic (exact) mass is 317 g/mol. The molecule has 23 heavy (non-hydrogen) atoms. The fourth-order valence-corrected chi connectivity index (χ4v) is 2.95. The molecule has 0 spiro atoms. The number of aliphatic imine (C=N–C) groups is 1. The Kier molecular flexibility index (Phi) is 6.40. The Labute approximate surface area is 138 Å². The normalized spacial score (nSPS) is 18.9. The van der Waals surface area contributed by atoms with Crippen LogP contribution in [0.25, 0.3) is 0 Å². The van der Waals surface area contributed by atoms with E-state index in [-0.39, 0.29) is 5.91 Å². The Morgan fingerprint density at radius 1 is 1.48 bits per heavy atom. The summed E-state index contributed by atoms with van der Waals surface area (Å²) < 4.78 is 0. The molecule has 1 aliphatic heterocycles. The van der Waals surface area contributed by atoms with Crippen LogP contribution in [0.3, 0.4) is 0 Å². The van der Waals surface area contributed by atoms with Gasteiger partial charge in [-0.1, -0.05) is 19.1 Å². The van der Waals surface area contributed by atoms with Gasteiger partial charge in [0, 0.05) is 25.2 Å². The highest BCUT2D eigenvalue weighted by atomic mass is 16.1. The molecule has 0 saturated carbocycles. The number of likely N-dealkylation sites (tertiary alicyclic amines) is 1. The van der Waals surface area contributed by atoms with Gasteiger partial charge in [0.15, 0.2) is 5.96 Å². The summed E-state index contributed by atoms with van der Waals surface area (Å²) in [5, 5.41) is 5.99. The van der Waals surface area contributed by atoms with Crippen molar-refractivity contribution in [2.45, 2.75) is 39.3 Å². The fourth-order valence-electron chi connectivity index (χ4n) is 2.95. The summed E-state index contributed by atoms with van der Waals surface area (Å²) >= 11 is 0. The molecule has 6 heteroatoms. The van der Waals surface area contributed by atoms with E-state index in [0.717, 1.165) is 24.3 Å². The maximum Gasteiger partial charge on any atom is 0.221 e. The van der Waals surface area contributed by atoms with E-state index in [0.29, 0.717) is 18.5 Å². The number of nitrogens with zero attached hydrogens (tertiary/aromatic N) is 2. The summed E-state index contributed by atoms with van der Waals surface area (Å²) in [6.07, 6.45) is 2.47. The van der Waals surface area contributed by atoms with Gasteiger partial charge in [-0.05, 0) is 43.6 Å². The van der Waals surface area contributed by atoms with Crippen LogP contribution >= 0.6 is 0 Å². The molecular weight excluding hydrogens is 290 g/mol. The van der Waals surface area contributed by atoms with Crippen LogP contribution in [0.15, 0.2) is 29.3 Å². The van der Waals surface area contributed by atoms with Gasteiger partial charge >= 0.3 is 0 Å². The lowest BCUT2D eigenvalue weighted by molar-refractivity contribution is -0.114. The summed E-state index contributed by atoms with van der Waals surface area (Å²) in [4.78, 5) is 17.9. The molecular formula is C17H27N5O. The number of likely N-dealkylation sites (N-methyl/N-ethyl adjacent to an activating group) is 1. The van der Waals surface area contributed by atoms with E-state index in [1.165, 1.54) is 26.3 Å². The molecule has 1 atom stereocenters. The first-order valence-electron chi connectivity index (χ1n) is 8.23. The predicted octanol–water partition coefficient (Wildman–Crippen LogP) is 1.53. The molecule has 0 radical (unpaired) electrons. The van der Waals surface area contributed by atoms with Gasteiger partial charge in [0.1, 0.15) is 0 Å². The largest absolute Gasteiger partial charge is 0.370 e. The van der Waals surface area contributed by atoms with Crippen molar-refractivity contribution in [3.05, 3.63) is 29.8 Å². The van der Waals surface area contributed by atoms with Gasteiger partial charge in [0.25, 0.3) is 0 Å². The number of anilines is 1. The third-order valence-electron chi connectivity index (χ3n) is 4.10. The van der Waals surface area contributed by atoms with Crippen LogP contribution in [0.4, 0.5) is 5.69 Å². The molecule has 1 aromatic rings. The second-order valence-electron chi connectivity index (χ2n) is 5.89. The van der Waals surface area contributed by atoms with Gasteiger partial charge in [-0.25, -0.2) is 4.99 Å². The second kappa shape index (κ2) is 8.53. The molecule has 0 aromatic heterocycles. The van der Waals surface area contributed by atoms with E-state index < -0.39 is 0 Å². The molecule has 2 rings (SSSR count). The number of nitrogens with two attached hydrogens (primary N) is 1. The first-order chi connectivity index (χ1) is 11.1. The van der Waals surface area contributed by atoms with Crippen molar-refractivity contribution in [1.29, 1.82) is 0 Å². The predicted molar refractivity (Wildman–Crippen MR) is 94.3 cm³/mol. The molecule has 1 unspecified atom stereocenters.